The number of methoxy groups -OCH3 is 2. The zero-order valence-corrected chi connectivity index (χ0v) is 17.3. The average molecular weight is 418 g/mol. The van der Waals surface area contributed by atoms with Gasteiger partial charge in [-0.3, -0.25) is 4.99 Å². The molecule has 0 bridgehead atoms. The van der Waals surface area contributed by atoms with Crippen molar-refractivity contribution in [3.05, 3.63) is 47.0 Å². The van der Waals surface area contributed by atoms with Crippen molar-refractivity contribution in [3.8, 4) is 23.0 Å². The summed E-state index contributed by atoms with van der Waals surface area (Å²) in [6, 6.07) is 10.2. The van der Waals surface area contributed by atoms with Crippen LogP contribution in [0.4, 0.5) is 0 Å². The molecule has 0 radical (unpaired) electrons. The largest absolute Gasteiger partial charge is 0.493 e. The zero-order chi connectivity index (χ0) is 19.1. The molecule has 7 heteroatoms. The second kappa shape index (κ2) is 7.76. The fraction of sp³-hybridized carbons (Fsp3) is 0.409. The maximum absolute atomic E-state index is 5.64. The molecule has 154 valence electrons. The second-order valence-corrected chi connectivity index (χ2v) is 7.38. The van der Waals surface area contributed by atoms with Gasteiger partial charge in [0.25, 0.3) is 0 Å². The molecule has 1 fully saturated rings. The van der Waals surface area contributed by atoms with Crippen LogP contribution >= 0.6 is 12.4 Å². The van der Waals surface area contributed by atoms with Crippen LogP contribution in [-0.4, -0.2) is 46.5 Å². The van der Waals surface area contributed by atoms with Gasteiger partial charge in [-0.1, -0.05) is 0 Å². The highest BCUT2D eigenvalue weighted by molar-refractivity contribution is 6.15. The first kappa shape index (κ1) is 19.9. The van der Waals surface area contributed by atoms with Crippen LogP contribution in [0.1, 0.15) is 29.5 Å². The van der Waals surface area contributed by atoms with Crippen LogP contribution in [-0.2, 0) is 10.2 Å². The first-order chi connectivity index (χ1) is 13.7. The second-order valence-electron chi connectivity index (χ2n) is 7.38. The maximum Gasteiger partial charge on any atom is 0.231 e. The van der Waals surface area contributed by atoms with Crippen molar-refractivity contribution in [1.29, 1.82) is 0 Å². The van der Waals surface area contributed by atoms with Crippen molar-refractivity contribution in [2.75, 3.05) is 40.8 Å². The van der Waals surface area contributed by atoms with E-state index in [2.05, 4.69) is 6.07 Å². The summed E-state index contributed by atoms with van der Waals surface area (Å²) < 4.78 is 27.9. The van der Waals surface area contributed by atoms with E-state index in [0.717, 1.165) is 66.7 Å². The quantitative estimate of drug-likeness (QED) is 0.761. The Morgan fingerprint density at radius 3 is 2.41 bits per heavy atom. The van der Waals surface area contributed by atoms with E-state index in [1.807, 2.05) is 24.3 Å². The van der Waals surface area contributed by atoms with Crippen molar-refractivity contribution in [1.82, 2.24) is 0 Å². The number of aliphatic imine (C=N–C) groups is 1. The van der Waals surface area contributed by atoms with Crippen LogP contribution < -0.4 is 18.9 Å². The molecule has 3 aliphatic heterocycles. The third-order valence-electron chi connectivity index (χ3n) is 5.99. The van der Waals surface area contributed by atoms with Gasteiger partial charge < -0.3 is 23.7 Å². The molecule has 3 aliphatic rings. The van der Waals surface area contributed by atoms with Gasteiger partial charge in [0.05, 0.1) is 19.9 Å². The molecule has 2 aromatic carbocycles. The normalized spacial score (nSPS) is 18.5. The molecule has 2 aromatic rings. The lowest BCUT2D eigenvalue weighted by Gasteiger charge is -2.41. The number of hydrogen-bond acceptors (Lipinski definition) is 6. The average Bonchev–Trinajstić information content (AvgIpc) is 3.22. The minimum absolute atomic E-state index is 0. The predicted octanol–water partition coefficient (Wildman–Crippen LogP) is 3.75. The van der Waals surface area contributed by atoms with E-state index >= 15 is 0 Å². The minimum Gasteiger partial charge on any atom is -0.493 e. The predicted molar refractivity (Wildman–Crippen MR) is 112 cm³/mol. The molecular weight excluding hydrogens is 394 g/mol. The number of ether oxygens (including phenoxy) is 5. The Hall–Kier alpha value is -2.44. The highest BCUT2D eigenvalue weighted by Gasteiger charge is 2.40. The first-order valence-electron chi connectivity index (χ1n) is 9.53. The fourth-order valence-electron chi connectivity index (χ4n) is 4.39. The molecule has 6 nitrogen and oxygen atoms in total. The SMILES string of the molecule is COc1cc2c(cc1OC)C1(CCOCC1)CN=C2c1ccc2c(c1)OCO2.Cl. The van der Waals surface area contributed by atoms with Crippen LogP contribution in [0, 0.1) is 0 Å². The lowest BCUT2D eigenvalue weighted by molar-refractivity contribution is 0.0525. The summed E-state index contributed by atoms with van der Waals surface area (Å²) in [4.78, 5) is 5.04. The molecule has 5 rings (SSSR count). The molecule has 0 atom stereocenters. The number of benzene rings is 2. The lowest BCUT2D eigenvalue weighted by Crippen LogP contribution is -2.40. The smallest absolute Gasteiger partial charge is 0.231 e. The van der Waals surface area contributed by atoms with Gasteiger partial charge in [0.2, 0.25) is 6.79 Å². The summed E-state index contributed by atoms with van der Waals surface area (Å²) in [5.41, 5.74) is 4.29. The number of hydrogen-bond donors (Lipinski definition) is 0. The standard InChI is InChI=1S/C22H23NO5.ClH/c1-24-18-10-15-16(11-19(18)25-2)22(5-7-26-8-6-22)12-23-21(15)14-3-4-17-20(9-14)28-13-27-17;/h3-4,9-11H,5-8,12-13H2,1-2H3;1H. The van der Waals surface area contributed by atoms with E-state index in [1.54, 1.807) is 14.2 Å². The fourth-order valence-corrected chi connectivity index (χ4v) is 4.39. The highest BCUT2D eigenvalue weighted by atomic mass is 35.5. The molecule has 3 heterocycles. The molecule has 0 aromatic heterocycles. The van der Waals surface area contributed by atoms with E-state index in [-0.39, 0.29) is 24.6 Å². The lowest BCUT2D eigenvalue weighted by atomic mass is 9.69. The van der Waals surface area contributed by atoms with E-state index < -0.39 is 0 Å². The van der Waals surface area contributed by atoms with Crippen LogP contribution in [0.2, 0.25) is 0 Å². The Kier molecular flexibility index (Phi) is 5.32. The van der Waals surface area contributed by atoms with Gasteiger partial charge >= 0.3 is 0 Å². The molecule has 1 spiro atoms. The number of rotatable bonds is 3. The Bertz CT molecular complexity index is 952. The van der Waals surface area contributed by atoms with Crippen LogP contribution in [0.3, 0.4) is 0 Å². The minimum atomic E-state index is -0.0209. The summed E-state index contributed by atoms with van der Waals surface area (Å²) in [6.07, 6.45) is 1.90. The summed E-state index contributed by atoms with van der Waals surface area (Å²) in [5, 5.41) is 0. The summed E-state index contributed by atoms with van der Waals surface area (Å²) in [7, 11) is 3.34. The van der Waals surface area contributed by atoms with Crippen molar-refractivity contribution in [2.45, 2.75) is 18.3 Å². The number of nitrogens with zero attached hydrogens (tertiary/aromatic N) is 1. The molecular formula is C22H24ClNO5. The van der Waals surface area contributed by atoms with Gasteiger partial charge in [0.15, 0.2) is 23.0 Å². The van der Waals surface area contributed by atoms with Crippen molar-refractivity contribution >= 4 is 18.1 Å². The van der Waals surface area contributed by atoms with E-state index in [9.17, 15) is 0 Å². The van der Waals surface area contributed by atoms with Crippen LogP contribution in [0.15, 0.2) is 35.3 Å². The Morgan fingerprint density at radius 2 is 1.66 bits per heavy atom. The van der Waals surface area contributed by atoms with Gasteiger partial charge in [-0.05, 0) is 48.7 Å². The zero-order valence-electron chi connectivity index (χ0n) is 16.5. The van der Waals surface area contributed by atoms with Crippen LogP contribution in [0.5, 0.6) is 23.0 Å². The van der Waals surface area contributed by atoms with Crippen LogP contribution in [0.25, 0.3) is 0 Å². The Labute approximate surface area is 176 Å². The van der Waals surface area contributed by atoms with Crippen molar-refractivity contribution in [2.24, 2.45) is 4.99 Å². The summed E-state index contributed by atoms with van der Waals surface area (Å²) >= 11 is 0. The van der Waals surface area contributed by atoms with Gasteiger partial charge in [-0.15, -0.1) is 12.4 Å². The topological polar surface area (TPSA) is 58.5 Å². The summed E-state index contributed by atoms with van der Waals surface area (Å²) in [6.45, 7) is 2.50. The highest BCUT2D eigenvalue weighted by Crippen LogP contribution is 2.45. The van der Waals surface area contributed by atoms with Crippen molar-refractivity contribution in [3.63, 3.8) is 0 Å². The molecule has 0 saturated carbocycles. The molecule has 0 amide bonds. The Morgan fingerprint density at radius 1 is 0.931 bits per heavy atom. The molecule has 1 saturated heterocycles. The molecule has 0 aliphatic carbocycles. The number of halogens is 1. The van der Waals surface area contributed by atoms with E-state index in [1.165, 1.54) is 5.56 Å². The molecule has 29 heavy (non-hydrogen) atoms. The van der Waals surface area contributed by atoms with E-state index in [0.29, 0.717) is 5.75 Å². The van der Waals surface area contributed by atoms with Gasteiger partial charge in [0.1, 0.15) is 0 Å². The van der Waals surface area contributed by atoms with Crippen molar-refractivity contribution < 1.29 is 23.7 Å². The van der Waals surface area contributed by atoms with Gasteiger partial charge in [0, 0.05) is 36.3 Å². The first-order valence-corrected chi connectivity index (χ1v) is 9.53. The van der Waals surface area contributed by atoms with Gasteiger partial charge in [-0.25, -0.2) is 0 Å². The number of fused-ring (bicyclic) bond motifs is 3. The monoisotopic (exact) mass is 417 g/mol. The van der Waals surface area contributed by atoms with E-state index in [4.69, 9.17) is 28.7 Å². The maximum atomic E-state index is 5.64. The Balaban J connectivity index is 0.00000205. The third-order valence-corrected chi connectivity index (χ3v) is 5.99. The molecule has 0 N–H and O–H groups in total. The van der Waals surface area contributed by atoms with Gasteiger partial charge in [-0.2, -0.15) is 0 Å². The molecule has 0 unspecified atom stereocenters. The summed E-state index contributed by atoms with van der Waals surface area (Å²) in [5.74, 6) is 2.99. The third kappa shape index (κ3) is 3.20.